The van der Waals surface area contributed by atoms with Crippen molar-refractivity contribution in [3.63, 3.8) is 0 Å². The van der Waals surface area contributed by atoms with Crippen molar-refractivity contribution < 1.29 is 9.73 Å². The van der Waals surface area contributed by atoms with Gasteiger partial charge in [-0.25, -0.2) is 0 Å². The number of aryl methyl sites for hydroxylation is 1. The second-order valence-electron chi connectivity index (χ2n) is 2.96. The Balaban J connectivity index is 2.66. The van der Waals surface area contributed by atoms with Crippen LogP contribution in [0.1, 0.15) is 11.3 Å². The van der Waals surface area contributed by atoms with Gasteiger partial charge in [0.05, 0.1) is 5.69 Å². The number of rotatable bonds is 1. The average molecular weight is 191 g/mol. The lowest BCUT2D eigenvalue weighted by molar-refractivity contribution is 0.318. The minimum absolute atomic E-state index is 0.0764. The van der Waals surface area contributed by atoms with Gasteiger partial charge >= 0.3 is 0 Å². The van der Waals surface area contributed by atoms with Gasteiger partial charge < -0.3 is 15.5 Å². The maximum Gasteiger partial charge on any atom is 0.170 e. The van der Waals surface area contributed by atoms with Crippen molar-refractivity contribution in [2.45, 2.75) is 6.92 Å². The van der Waals surface area contributed by atoms with E-state index in [0.29, 0.717) is 11.1 Å². The molecule has 0 aliphatic carbocycles. The maximum absolute atomic E-state index is 8.50. The first kappa shape index (κ1) is 8.55. The molecular formula is C9H9N3O2. The topological polar surface area (TPSA) is 84.6 Å². The SMILES string of the molecule is Cc1noc2ccc(/C(N)=N\O)cc12. The van der Waals surface area contributed by atoms with Crippen LogP contribution in [0.4, 0.5) is 0 Å². The smallest absolute Gasteiger partial charge is 0.170 e. The van der Waals surface area contributed by atoms with Crippen molar-refractivity contribution in [3.05, 3.63) is 29.5 Å². The normalized spacial score (nSPS) is 12.2. The zero-order valence-electron chi connectivity index (χ0n) is 7.56. The van der Waals surface area contributed by atoms with Gasteiger partial charge in [0.15, 0.2) is 11.4 Å². The number of nitrogens with two attached hydrogens (primary N) is 1. The third kappa shape index (κ3) is 1.19. The van der Waals surface area contributed by atoms with E-state index in [2.05, 4.69) is 10.3 Å². The molecular weight excluding hydrogens is 182 g/mol. The van der Waals surface area contributed by atoms with Gasteiger partial charge in [0.2, 0.25) is 0 Å². The van der Waals surface area contributed by atoms with Crippen molar-refractivity contribution in [1.82, 2.24) is 5.16 Å². The van der Waals surface area contributed by atoms with Crippen LogP contribution >= 0.6 is 0 Å². The molecule has 1 aromatic heterocycles. The molecule has 0 amide bonds. The summed E-state index contributed by atoms with van der Waals surface area (Å²) < 4.78 is 5.02. The molecule has 1 heterocycles. The first-order chi connectivity index (χ1) is 6.72. The fourth-order valence-electron chi connectivity index (χ4n) is 1.28. The van der Waals surface area contributed by atoms with Gasteiger partial charge in [0.1, 0.15) is 0 Å². The number of hydrogen-bond acceptors (Lipinski definition) is 4. The summed E-state index contributed by atoms with van der Waals surface area (Å²) >= 11 is 0. The lowest BCUT2D eigenvalue weighted by atomic mass is 10.1. The van der Waals surface area contributed by atoms with Crippen LogP contribution in [0.5, 0.6) is 0 Å². The molecule has 0 aliphatic heterocycles. The lowest BCUT2D eigenvalue weighted by Crippen LogP contribution is -2.12. The molecule has 2 aromatic rings. The summed E-state index contributed by atoms with van der Waals surface area (Å²) in [5.74, 6) is 0.0764. The molecule has 0 aliphatic rings. The molecule has 14 heavy (non-hydrogen) atoms. The van der Waals surface area contributed by atoms with Gasteiger partial charge in [-0.1, -0.05) is 10.3 Å². The molecule has 0 spiro atoms. The highest BCUT2D eigenvalue weighted by Crippen LogP contribution is 2.18. The van der Waals surface area contributed by atoms with E-state index in [1.165, 1.54) is 0 Å². The molecule has 5 heteroatoms. The molecule has 0 atom stereocenters. The van der Waals surface area contributed by atoms with E-state index in [0.717, 1.165) is 11.1 Å². The summed E-state index contributed by atoms with van der Waals surface area (Å²) in [5, 5.41) is 16.1. The van der Waals surface area contributed by atoms with E-state index in [4.69, 9.17) is 15.5 Å². The van der Waals surface area contributed by atoms with Crippen LogP contribution in [-0.2, 0) is 0 Å². The van der Waals surface area contributed by atoms with Crippen LogP contribution in [-0.4, -0.2) is 16.2 Å². The zero-order valence-corrected chi connectivity index (χ0v) is 7.56. The fraction of sp³-hybridized carbons (Fsp3) is 0.111. The minimum Gasteiger partial charge on any atom is -0.409 e. The Bertz CT molecular complexity index is 502. The molecule has 0 fully saturated rings. The Morgan fingerprint density at radius 2 is 2.36 bits per heavy atom. The molecule has 3 N–H and O–H groups in total. The molecule has 0 saturated heterocycles. The third-order valence-electron chi connectivity index (χ3n) is 2.05. The van der Waals surface area contributed by atoms with E-state index in [1.54, 1.807) is 18.2 Å². The summed E-state index contributed by atoms with van der Waals surface area (Å²) in [6.07, 6.45) is 0. The summed E-state index contributed by atoms with van der Waals surface area (Å²) in [4.78, 5) is 0. The van der Waals surface area contributed by atoms with E-state index in [1.807, 2.05) is 6.92 Å². The Hall–Kier alpha value is -2.04. The predicted molar refractivity (Wildman–Crippen MR) is 51.3 cm³/mol. The second-order valence-corrected chi connectivity index (χ2v) is 2.96. The fourth-order valence-corrected chi connectivity index (χ4v) is 1.28. The van der Waals surface area contributed by atoms with Crippen LogP contribution in [0.25, 0.3) is 11.0 Å². The maximum atomic E-state index is 8.50. The summed E-state index contributed by atoms with van der Waals surface area (Å²) in [6.45, 7) is 1.84. The first-order valence-corrected chi connectivity index (χ1v) is 4.06. The average Bonchev–Trinajstić information content (AvgIpc) is 2.59. The van der Waals surface area contributed by atoms with E-state index in [9.17, 15) is 0 Å². The Labute approximate surface area is 79.8 Å². The van der Waals surface area contributed by atoms with Crippen LogP contribution in [0.15, 0.2) is 27.9 Å². The molecule has 2 rings (SSSR count). The van der Waals surface area contributed by atoms with Gasteiger partial charge in [-0.05, 0) is 25.1 Å². The molecule has 0 saturated carbocycles. The van der Waals surface area contributed by atoms with E-state index < -0.39 is 0 Å². The van der Waals surface area contributed by atoms with E-state index in [-0.39, 0.29) is 5.84 Å². The number of amidine groups is 1. The van der Waals surface area contributed by atoms with Crippen LogP contribution < -0.4 is 5.73 Å². The lowest BCUT2D eigenvalue weighted by Gasteiger charge is -1.97. The molecule has 1 aromatic carbocycles. The third-order valence-corrected chi connectivity index (χ3v) is 2.05. The molecule has 0 bridgehead atoms. The Morgan fingerprint density at radius 3 is 3.07 bits per heavy atom. The van der Waals surface area contributed by atoms with Crippen molar-refractivity contribution in [3.8, 4) is 0 Å². The number of aromatic nitrogens is 1. The van der Waals surface area contributed by atoms with Gasteiger partial charge in [-0.3, -0.25) is 0 Å². The molecule has 0 radical (unpaired) electrons. The molecule has 5 nitrogen and oxygen atoms in total. The summed E-state index contributed by atoms with van der Waals surface area (Å²) in [6, 6.07) is 5.22. The Kier molecular flexibility index (Phi) is 1.85. The predicted octanol–water partition coefficient (Wildman–Crippen LogP) is 1.23. The largest absolute Gasteiger partial charge is 0.409 e. The monoisotopic (exact) mass is 191 g/mol. The Morgan fingerprint density at radius 1 is 1.57 bits per heavy atom. The number of hydrogen-bond donors (Lipinski definition) is 2. The van der Waals surface area contributed by atoms with Gasteiger partial charge in [0, 0.05) is 10.9 Å². The second kappa shape index (κ2) is 3.02. The zero-order chi connectivity index (χ0) is 10.1. The highest BCUT2D eigenvalue weighted by Gasteiger charge is 2.06. The number of benzene rings is 1. The minimum atomic E-state index is 0.0764. The van der Waals surface area contributed by atoms with Crippen molar-refractivity contribution in [1.29, 1.82) is 0 Å². The van der Waals surface area contributed by atoms with Gasteiger partial charge in [-0.15, -0.1) is 0 Å². The molecule has 72 valence electrons. The van der Waals surface area contributed by atoms with Crippen LogP contribution in [0, 0.1) is 6.92 Å². The first-order valence-electron chi connectivity index (χ1n) is 4.06. The number of nitrogens with zero attached hydrogens (tertiary/aromatic N) is 2. The van der Waals surface area contributed by atoms with Crippen LogP contribution in [0.3, 0.4) is 0 Å². The highest BCUT2D eigenvalue weighted by atomic mass is 16.5. The number of oxime groups is 1. The standard InChI is InChI=1S/C9H9N3O2/c1-5-7-4-6(9(10)11-13)2-3-8(7)14-12-5/h2-4,13H,1H3,(H2,10,11). The quantitative estimate of drug-likeness (QED) is 0.307. The number of fused-ring (bicyclic) bond motifs is 1. The molecule has 0 unspecified atom stereocenters. The van der Waals surface area contributed by atoms with Gasteiger partial charge in [0.25, 0.3) is 0 Å². The van der Waals surface area contributed by atoms with Crippen molar-refractivity contribution in [2.75, 3.05) is 0 Å². The summed E-state index contributed by atoms with van der Waals surface area (Å²) in [5.41, 5.74) is 7.57. The van der Waals surface area contributed by atoms with Crippen LogP contribution in [0.2, 0.25) is 0 Å². The van der Waals surface area contributed by atoms with Crippen molar-refractivity contribution in [2.24, 2.45) is 10.9 Å². The highest BCUT2D eigenvalue weighted by molar-refractivity contribution is 6.00. The van der Waals surface area contributed by atoms with E-state index >= 15 is 0 Å². The summed E-state index contributed by atoms with van der Waals surface area (Å²) in [7, 11) is 0. The van der Waals surface area contributed by atoms with Crippen molar-refractivity contribution >= 4 is 16.8 Å². The van der Waals surface area contributed by atoms with Gasteiger partial charge in [-0.2, -0.15) is 0 Å².